The Hall–Kier alpha value is -1.36. The van der Waals surface area contributed by atoms with Crippen molar-refractivity contribution in [2.45, 2.75) is 19.5 Å². The Kier molecular flexibility index (Phi) is 3.19. The molecule has 0 bridgehead atoms. The van der Waals surface area contributed by atoms with E-state index >= 15 is 0 Å². The van der Waals surface area contributed by atoms with Crippen LogP contribution in [0, 0.1) is 6.92 Å². The van der Waals surface area contributed by atoms with Crippen LogP contribution in [0.1, 0.15) is 22.3 Å². The number of carboxylic acid groups (broad SMARTS) is 1. The first-order valence-electron chi connectivity index (χ1n) is 5.28. The first-order valence-corrected chi connectivity index (χ1v) is 5.66. The highest BCUT2D eigenvalue weighted by atomic mass is 35.5. The standard InChI is InChI=1S/C11H12ClFN2O2/c1-6-9(11(16)17)8(4-14-10(6)12)15-3-2-7(13)5-15/h4,7H,2-3,5H2,1H3,(H,16,17). The maximum absolute atomic E-state index is 13.1. The second-order valence-electron chi connectivity index (χ2n) is 4.07. The third-order valence-corrected chi connectivity index (χ3v) is 3.31. The monoisotopic (exact) mass is 258 g/mol. The smallest absolute Gasteiger partial charge is 0.338 e. The molecule has 0 amide bonds. The van der Waals surface area contributed by atoms with Crippen LogP contribution in [0.2, 0.25) is 5.15 Å². The van der Waals surface area contributed by atoms with Crippen LogP contribution < -0.4 is 4.90 Å². The van der Waals surface area contributed by atoms with E-state index in [1.807, 2.05) is 0 Å². The molecule has 0 saturated carbocycles. The van der Waals surface area contributed by atoms with Gasteiger partial charge in [-0.25, -0.2) is 14.2 Å². The van der Waals surface area contributed by atoms with Crippen LogP contribution >= 0.6 is 11.6 Å². The number of pyridine rings is 1. The van der Waals surface area contributed by atoms with Gasteiger partial charge in [0.05, 0.1) is 17.4 Å². The van der Waals surface area contributed by atoms with Gasteiger partial charge in [0.2, 0.25) is 0 Å². The summed E-state index contributed by atoms with van der Waals surface area (Å²) in [6.07, 6.45) is 0.907. The fraction of sp³-hybridized carbons (Fsp3) is 0.455. The Morgan fingerprint density at radius 3 is 2.94 bits per heavy atom. The summed E-state index contributed by atoms with van der Waals surface area (Å²) in [4.78, 5) is 16.9. The van der Waals surface area contributed by atoms with Gasteiger partial charge in [0.1, 0.15) is 11.3 Å². The molecular formula is C11H12ClFN2O2. The topological polar surface area (TPSA) is 53.4 Å². The van der Waals surface area contributed by atoms with Gasteiger partial charge in [-0.1, -0.05) is 11.6 Å². The van der Waals surface area contributed by atoms with E-state index in [0.717, 1.165) is 0 Å². The molecule has 0 aliphatic carbocycles. The molecule has 4 nitrogen and oxygen atoms in total. The zero-order valence-corrected chi connectivity index (χ0v) is 10.0. The van der Waals surface area contributed by atoms with Crippen molar-refractivity contribution in [3.8, 4) is 0 Å². The lowest BCUT2D eigenvalue weighted by atomic mass is 10.1. The molecule has 0 radical (unpaired) electrons. The van der Waals surface area contributed by atoms with Gasteiger partial charge in [-0.15, -0.1) is 0 Å². The molecule has 1 aromatic rings. The number of anilines is 1. The summed E-state index contributed by atoms with van der Waals surface area (Å²) in [5.41, 5.74) is 0.970. The van der Waals surface area contributed by atoms with Crippen LogP contribution in [-0.2, 0) is 0 Å². The van der Waals surface area contributed by atoms with E-state index in [9.17, 15) is 14.3 Å². The highest BCUT2D eigenvalue weighted by molar-refractivity contribution is 6.30. The molecule has 1 unspecified atom stereocenters. The lowest BCUT2D eigenvalue weighted by Gasteiger charge is -2.20. The molecule has 2 rings (SSSR count). The number of aromatic carboxylic acids is 1. The van der Waals surface area contributed by atoms with Crippen LogP contribution in [-0.4, -0.2) is 35.3 Å². The van der Waals surface area contributed by atoms with Gasteiger partial charge in [-0.3, -0.25) is 0 Å². The van der Waals surface area contributed by atoms with Gasteiger partial charge >= 0.3 is 5.97 Å². The van der Waals surface area contributed by atoms with E-state index < -0.39 is 12.1 Å². The fourth-order valence-corrected chi connectivity index (χ4v) is 2.16. The van der Waals surface area contributed by atoms with E-state index in [-0.39, 0.29) is 17.3 Å². The lowest BCUT2D eigenvalue weighted by Crippen LogP contribution is -2.23. The molecule has 1 aromatic heterocycles. The van der Waals surface area contributed by atoms with Crippen molar-refractivity contribution in [2.24, 2.45) is 0 Å². The second kappa shape index (κ2) is 4.49. The quantitative estimate of drug-likeness (QED) is 0.827. The van der Waals surface area contributed by atoms with Gasteiger partial charge < -0.3 is 10.0 Å². The fourth-order valence-electron chi connectivity index (χ4n) is 2.02. The number of aromatic nitrogens is 1. The first kappa shape index (κ1) is 12.1. The minimum Gasteiger partial charge on any atom is -0.478 e. The molecule has 2 heterocycles. The van der Waals surface area contributed by atoms with E-state index in [0.29, 0.717) is 24.2 Å². The molecule has 1 aliphatic heterocycles. The predicted molar refractivity (Wildman–Crippen MR) is 62.7 cm³/mol. The molecule has 1 atom stereocenters. The van der Waals surface area contributed by atoms with Crippen molar-refractivity contribution < 1.29 is 14.3 Å². The summed E-state index contributed by atoms with van der Waals surface area (Å²) in [5.74, 6) is -1.07. The molecular weight excluding hydrogens is 247 g/mol. The summed E-state index contributed by atoms with van der Waals surface area (Å²) < 4.78 is 13.1. The van der Waals surface area contributed by atoms with Crippen molar-refractivity contribution in [3.63, 3.8) is 0 Å². The highest BCUT2D eigenvalue weighted by Crippen LogP contribution is 2.30. The van der Waals surface area contributed by atoms with Crippen molar-refractivity contribution in [1.29, 1.82) is 0 Å². The van der Waals surface area contributed by atoms with E-state index in [4.69, 9.17) is 11.6 Å². The number of halogens is 2. The van der Waals surface area contributed by atoms with Crippen LogP contribution in [0.3, 0.4) is 0 Å². The van der Waals surface area contributed by atoms with E-state index in [1.54, 1.807) is 11.8 Å². The van der Waals surface area contributed by atoms with E-state index in [1.165, 1.54) is 6.20 Å². The minimum atomic E-state index is -1.07. The zero-order chi connectivity index (χ0) is 12.6. The number of nitrogens with zero attached hydrogens (tertiary/aromatic N) is 2. The average Bonchev–Trinajstić information content (AvgIpc) is 2.68. The number of hydrogen-bond acceptors (Lipinski definition) is 3. The summed E-state index contributed by atoms with van der Waals surface area (Å²) in [6, 6.07) is 0. The Labute approximate surface area is 103 Å². The molecule has 6 heteroatoms. The van der Waals surface area contributed by atoms with Crippen molar-refractivity contribution >= 4 is 23.3 Å². The third kappa shape index (κ3) is 2.20. The predicted octanol–water partition coefficient (Wildman–Crippen LogP) is 2.29. The van der Waals surface area contributed by atoms with Crippen LogP contribution in [0.4, 0.5) is 10.1 Å². The Balaban J connectivity index is 2.47. The largest absolute Gasteiger partial charge is 0.478 e. The number of hydrogen-bond donors (Lipinski definition) is 1. The van der Waals surface area contributed by atoms with Crippen molar-refractivity contribution in [1.82, 2.24) is 4.98 Å². The number of carbonyl (C=O) groups is 1. The molecule has 0 spiro atoms. The summed E-state index contributed by atoms with van der Waals surface area (Å²) >= 11 is 5.80. The summed E-state index contributed by atoms with van der Waals surface area (Å²) in [6.45, 7) is 2.32. The molecule has 1 saturated heterocycles. The molecule has 0 aromatic carbocycles. The molecule has 92 valence electrons. The lowest BCUT2D eigenvalue weighted by molar-refractivity contribution is 0.0696. The van der Waals surface area contributed by atoms with Gasteiger partial charge in [0.25, 0.3) is 0 Å². The third-order valence-electron chi connectivity index (χ3n) is 2.93. The highest BCUT2D eigenvalue weighted by Gasteiger charge is 2.27. The maximum Gasteiger partial charge on any atom is 0.338 e. The zero-order valence-electron chi connectivity index (χ0n) is 9.28. The maximum atomic E-state index is 13.1. The Morgan fingerprint density at radius 1 is 1.71 bits per heavy atom. The van der Waals surface area contributed by atoms with Crippen LogP contribution in [0.25, 0.3) is 0 Å². The normalized spacial score (nSPS) is 19.7. The molecule has 1 N–H and O–H groups in total. The van der Waals surface area contributed by atoms with E-state index in [2.05, 4.69) is 4.98 Å². The SMILES string of the molecule is Cc1c(Cl)ncc(N2CCC(F)C2)c1C(=O)O. The van der Waals surface area contributed by atoms with Gasteiger partial charge in [-0.2, -0.15) is 0 Å². The van der Waals surface area contributed by atoms with Gasteiger partial charge in [-0.05, 0) is 13.3 Å². The Morgan fingerprint density at radius 2 is 2.41 bits per heavy atom. The van der Waals surface area contributed by atoms with Gasteiger partial charge in [0, 0.05) is 18.7 Å². The summed E-state index contributed by atoms with van der Waals surface area (Å²) in [5, 5.41) is 9.36. The Bertz CT molecular complexity index is 467. The first-order chi connectivity index (χ1) is 8.00. The van der Waals surface area contributed by atoms with Crippen molar-refractivity contribution in [3.05, 3.63) is 22.5 Å². The van der Waals surface area contributed by atoms with Crippen LogP contribution in [0.5, 0.6) is 0 Å². The molecule has 1 aliphatic rings. The van der Waals surface area contributed by atoms with Crippen molar-refractivity contribution in [2.75, 3.05) is 18.0 Å². The second-order valence-corrected chi connectivity index (χ2v) is 4.43. The number of alkyl halides is 1. The molecule has 1 fully saturated rings. The van der Waals surface area contributed by atoms with Crippen LogP contribution in [0.15, 0.2) is 6.20 Å². The molecule has 17 heavy (non-hydrogen) atoms. The number of rotatable bonds is 2. The minimum absolute atomic E-state index is 0.110. The summed E-state index contributed by atoms with van der Waals surface area (Å²) in [7, 11) is 0. The average molecular weight is 259 g/mol. The number of carboxylic acids is 1. The van der Waals surface area contributed by atoms with Gasteiger partial charge in [0.15, 0.2) is 0 Å².